The van der Waals surface area contributed by atoms with Crippen molar-refractivity contribution in [3.63, 3.8) is 0 Å². The average molecular weight is 619 g/mol. The molecule has 8 N–H and O–H groups in total. The number of thiazole rings is 1. The summed E-state index contributed by atoms with van der Waals surface area (Å²) in [7, 11) is 2.92. The van der Waals surface area contributed by atoms with E-state index in [2.05, 4.69) is 10.3 Å². The van der Waals surface area contributed by atoms with Crippen LogP contribution >= 0.6 is 11.3 Å². The van der Waals surface area contributed by atoms with E-state index in [4.69, 9.17) is 5.73 Å². The Balaban J connectivity index is 1.47. The molecule has 3 unspecified atom stereocenters. The molecule has 1 fully saturated rings. The number of aromatic hydroxyl groups is 1. The Labute approximate surface area is 255 Å². The molecule has 3 aliphatic carbocycles. The van der Waals surface area contributed by atoms with E-state index in [0.717, 1.165) is 10.4 Å². The van der Waals surface area contributed by atoms with Crippen molar-refractivity contribution in [2.45, 2.75) is 30.6 Å². The van der Waals surface area contributed by atoms with Crippen molar-refractivity contribution in [2.24, 2.45) is 17.6 Å². The molecule has 3 aromatic rings. The van der Waals surface area contributed by atoms with Crippen LogP contribution in [0.1, 0.15) is 24.0 Å². The van der Waals surface area contributed by atoms with Crippen LogP contribution in [0.3, 0.4) is 0 Å². The number of hydrogen-bond acceptors (Lipinski definition) is 12. The first-order valence-electron chi connectivity index (χ1n) is 13.8. The van der Waals surface area contributed by atoms with Gasteiger partial charge in [0.15, 0.2) is 16.5 Å². The first-order chi connectivity index (χ1) is 20.8. The third-order valence-electron chi connectivity index (χ3n) is 8.94. The molecule has 1 amide bonds. The molecular formula is C31H30N4O8S. The normalized spacial score (nSPS) is 28.1. The molecule has 0 saturated heterocycles. The summed E-state index contributed by atoms with van der Waals surface area (Å²) in [5.74, 6) is -9.37. The highest BCUT2D eigenvalue weighted by Crippen LogP contribution is 2.56. The Morgan fingerprint density at radius 3 is 2.41 bits per heavy atom. The van der Waals surface area contributed by atoms with E-state index in [1.54, 1.807) is 25.3 Å². The summed E-state index contributed by atoms with van der Waals surface area (Å²) in [6.07, 6.45) is 0.0249. The second-order valence-electron chi connectivity index (χ2n) is 11.5. The number of likely N-dealkylation sites (N-methyl/N-ethyl adjacent to an activating group) is 1. The number of benzene rings is 2. The molecule has 13 heteroatoms. The maximum absolute atomic E-state index is 14.1. The molecule has 6 atom stereocenters. The van der Waals surface area contributed by atoms with Crippen molar-refractivity contribution >= 4 is 45.4 Å². The molecule has 44 heavy (non-hydrogen) atoms. The van der Waals surface area contributed by atoms with Gasteiger partial charge in [0.05, 0.1) is 34.2 Å². The van der Waals surface area contributed by atoms with Crippen LogP contribution in [0.2, 0.25) is 0 Å². The first kappa shape index (κ1) is 29.5. The summed E-state index contributed by atoms with van der Waals surface area (Å²) in [6, 6.07) is 11.4. The number of Topliss-reactive ketones (excluding diaryl/α,β-unsaturated/α-hetero) is 2. The Bertz CT molecular complexity index is 1800. The quantitative estimate of drug-likeness (QED) is 0.163. The molecule has 6 rings (SSSR count). The molecule has 3 aliphatic rings. The number of hydrogen-bond donors (Lipinski definition) is 7. The van der Waals surface area contributed by atoms with Gasteiger partial charge in [-0.15, -0.1) is 0 Å². The number of nitrogens with zero attached hydrogens (tertiary/aromatic N) is 2. The van der Waals surface area contributed by atoms with Crippen LogP contribution in [0, 0.1) is 11.8 Å². The SMILES string of the molecule is C[C@H]1c2ccc(Nc3ncc(-c4ccccc4)s3)c(O)c2C(O)=C2C(=O)[C@]3(O)C(O)=C(C(N)=O)C(=O)[C@@H](N(C)C)C3C(O)C21. The van der Waals surface area contributed by atoms with Gasteiger partial charge in [0.2, 0.25) is 5.78 Å². The van der Waals surface area contributed by atoms with Crippen molar-refractivity contribution in [2.75, 3.05) is 19.4 Å². The summed E-state index contributed by atoms with van der Waals surface area (Å²) >= 11 is 1.33. The predicted molar refractivity (Wildman–Crippen MR) is 161 cm³/mol. The Hall–Kier alpha value is -4.56. The van der Waals surface area contributed by atoms with Gasteiger partial charge < -0.3 is 36.6 Å². The number of aromatic nitrogens is 1. The zero-order valence-electron chi connectivity index (χ0n) is 23.8. The van der Waals surface area contributed by atoms with Crippen LogP contribution in [0.25, 0.3) is 16.2 Å². The van der Waals surface area contributed by atoms with E-state index >= 15 is 0 Å². The number of anilines is 2. The van der Waals surface area contributed by atoms with Crippen LogP contribution in [0.5, 0.6) is 5.75 Å². The fourth-order valence-electron chi connectivity index (χ4n) is 6.90. The highest BCUT2D eigenvalue weighted by molar-refractivity contribution is 7.18. The number of nitrogens with two attached hydrogens (primary N) is 1. The molecule has 0 aliphatic heterocycles. The lowest BCUT2D eigenvalue weighted by molar-refractivity contribution is -0.169. The number of aliphatic hydroxyl groups excluding tert-OH is 3. The molecule has 12 nitrogen and oxygen atoms in total. The largest absolute Gasteiger partial charge is 0.508 e. The lowest BCUT2D eigenvalue weighted by Crippen LogP contribution is -2.70. The number of phenolic OH excluding ortho intramolecular Hbond substituents is 1. The van der Waals surface area contributed by atoms with Gasteiger partial charge in [-0.3, -0.25) is 19.3 Å². The Kier molecular flexibility index (Phi) is 6.89. The zero-order valence-corrected chi connectivity index (χ0v) is 24.7. The molecule has 228 valence electrons. The zero-order chi connectivity index (χ0) is 31.8. The monoisotopic (exact) mass is 618 g/mol. The fraction of sp³-hybridized carbons (Fsp3) is 0.290. The van der Waals surface area contributed by atoms with Crippen molar-refractivity contribution < 1.29 is 39.9 Å². The summed E-state index contributed by atoms with van der Waals surface area (Å²) < 4.78 is 0. The van der Waals surface area contributed by atoms with Crippen LogP contribution in [0.15, 0.2) is 65.6 Å². The summed E-state index contributed by atoms with van der Waals surface area (Å²) in [4.78, 5) is 46.2. The standard InChI is InChI=1S/C31H30N4O8S/c1-12-14-9-10-15(34-30-33-11-16(44-30)13-7-5-4-6-8-13)23(36)18(14)24(37)19-17(12)25(38)21-22(35(2)3)26(39)20(29(32)42)28(41)31(21,43)27(19)40/h4-12,17,21-22,25,36-38,41,43H,1-3H3,(H2,32,42)(H,33,34)/t12-,17?,21?,22-,25?,31-/m0/s1. The topological polar surface area (TPSA) is 207 Å². The average Bonchev–Trinajstić information content (AvgIpc) is 3.45. The molecular weight excluding hydrogens is 588 g/mol. The van der Waals surface area contributed by atoms with E-state index in [-0.39, 0.29) is 11.3 Å². The minimum Gasteiger partial charge on any atom is -0.508 e. The molecule has 0 spiro atoms. The molecule has 1 saturated carbocycles. The molecule has 1 heterocycles. The van der Waals surface area contributed by atoms with Crippen molar-refractivity contribution in [3.8, 4) is 16.2 Å². The van der Waals surface area contributed by atoms with Crippen LogP contribution < -0.4 is 11.1 Å². The van der Waals surface area contributed by atoms with Crippen molar-refractivity contribution in [1.82, 2.24) is 9.88 Å². The lowest BCUT2D eigenvalue weighted by Gasteiger charge is -2.53. The number of fused-ring (bicyclic) bond motifs is 3. The van der Waals surface area contributed by atoms with Gasteiger partial charge >= 0.3 is 0 Å². The number of rotatable bonds is 5. The third-order valence-corrected chi connectivity index (χ3v) is 9.90. The minimum absolute atomic E-state index is 0.106. The molecule has 0 bridgehead atoms. The Morgan fingerprint density at radius 1 is 1.09 bits per heavy atom. The highest BCUT2D eigenvalue weighted by atomic mass is 32.1. The predicted octanol–water partition coefficient (Wildman–Crippen LogP) is 2.36. The van der Waals surface area contributed by atoms with Gasteiger partial charge in [-0.05, 0) is 37.2 Å². The number of carbonyl (C=O) groups is 3. The third kappa shape index (κ3) is 4.00. The molecule has 0 radical (unpaired) electrons. The number of ketones is 2. The number of phenols is 1. The number of aliphatic hydroxyl groups is 4. The number of carbonyl (C=O) groups excluding carboxylic acids is 3. The summed E-state index contributed by atoms with van der Waals surface area (Å²) in [6.45, 7) is 1.68. The minimum atomic E-state index is -2.97. The fourth-order valence-corrected chi connectivity index (χ4v) is 7.73. The Morgan fingerprint density at radius 2 is 1.77 bits per heavy atom. The van der Waals surface area contributed by atoms with Crippen LogP contribution in [0.4, 0.5) is 10.8 Å². The van der Waals surface area contributed by atoms with Crippen molar-refractivity contribution in [3.05, 3.63) is 76.7 Å². The highest BCUT2D eigenvalue weighted by Gasteiger charge is 2.68. The summed E-state index contributed by atoms with van der Waals surface area (Å²) in [5.41, 5.74) is 2.41. The molecule has 2 aromatic carbocycles. The molecule has 1 aromatic heterocycles. The van der Waals surface area contributed by atoms with Crippen LogP contribution in [-0.2, 0) is 14.4 Å². The maximum atomic E-state index is 14.1. The van der Waals surface area contributed by atoms with E-state index in [0.29, 0.717) is 10.7 Å². The van der Waals surface area contributed by atoms with E-state index in [1.165, 1.54) is 30.3 Å². The van der Waals surface area contributed by atoms with Gasteiger partial charge in [0.25, 0.3) is 5.91 Å². The van der Waals surface area contributed by atoms with Crippen molar-refractivity contribution in [1.29, 1.82) is 0 Å². The van der Waals surface area contributed by atoms with E-state index < -0.39 is 81.4 Å². The van der Waals surface area contributed by atoms with Gasteiger partial charge in [0, 0.05) is 17.7 Å². The van der Waals surface area contributed by atoms with Gasteiger partial charge in [-0.25, -0.2) is 4.98 Å². The van der Waals surface area contributed by atoms with Crippen LogP contribution in [-0.4, -0.2) is 84.7 Å². The van der Waals surface area contributed by atoms with Gasteiger partial charge in [-0.1, -0.05) is 54.7 Å². The lowest BCUT2D eigenvalue weighted by atomic mass is 9.54. The second-order valence-corrected chi connectivity index (χ2v) is 12.5. The number of primary amides is 1. The van der Waals surface area contributed by atoms with E-state index in [9.17, 15) is 39.9 Å². The maximum Gasteiger partial charge on any atom is 0.255 e. The summed E-state index contributed by atoms with van der Waals surface area (Å²) in [5, 5.41) is 61.0. The number of nitrogens with one attached hydrogen (secondary N) is 1. The second kappa shape index (κ2) is 10.3. The smallest absolute Gasteiger partial charge is 0.255 e. The number of amides is 1. The van der Waals surface area contributed by atoms with Gasteiger partial charge in [-0.2, -0.15) is 0 Å². The van der Waals surface area contributed by atoms with E-state index in [1.807, 2.05) is 30.3 Å². The van der Waals surface area contributed by atoms with Gasteiger partial charge in [0.1, 0.15) is 22.8 Å². The first-order valence-corrected chi connectivity index (χ1v) is 14.6.